The minimum Gasteiger partial charge on any atom is -0.390 e. The molecule has 0 radical (unpaired) electrons. The smallest absolute Gasteiger partial charge is 0.253 e. The first kappa shape index (κ1) is 16.9. The molecule has 3 aromatic rings. The second-order valence-corrected chi connectivity index (χ2v) is 7.52. The molecule has 0 saturated carbocycles. The minimum atomic E-state index is -0.754. The summed E-state index contributed by atoms with van der Waals surface area (Å²) in [5, 5.41) is 11.9. The van der Waals surface area contributed by atoms with Crippen molar-refractivity contribution in [2.45, 2.75) is 25.4 Å². The van der Waals surface area contributed by atoms with Crippen LogP contribution in [0.5, 0.6) is 0 Å². The molecule has 0 aliphatic carbocycles. The molecule has 4 nitrogen and oxygen atoms in total. The fraction of sp³-hybridized carbons (Fsp3) is 0.318. The molecular formula is C22H24N2O2. The number of hydrogen-bond acceptors (Lipinski definition) is 2. The number of carbonyl (C=O) groups is 1. The molecule has 26 heavy (non-hydrogen) atoms. The Bertz CT molecular complexity index is 914. The number of hydrogen-bond donors (Lipinski definition) is 2. The molecular weight excluding hydrogens is 324 g/mol. The van der Waals surface area contributed by atoms with Gasteiger partial charge in [0.15, 0.2) is 0 Å². The summed E-state index contributed by atoms with van der Waals surface area (Å²) in [6.45, 7) is 3.05. The molecule has 1 fully saturated rings. The fourth-order valence-corrected chi connectivity index (χ4v) is 3.85. The zero-order valence-corrected chi connectivity index (χ0v) is 15.0. The van der Waals surface area contributed by atoms with Gasteiger partial charge in [-0.2, -0.15) is 0 Å². The van der Waals surface area contributed by atoms with E-state index in [4.69, 9.17) is 0 Å². The number of fused-ring (bicyclic) bond motifs is 1. The standard InChI is InChI=1S/C22H24N2O2/c1-22(26)10-12-24(15-19(22)13-16-5-3-2-4-6-16)21(25)18-8-7-17-9-11-23-20(17)14-18/h2-9,11,14,19,23,26H,10,12-13,15H2,1H3/t19-,22+/m0/s1. The Hall–Kier alpha value is -2.59. The average molecular weight is 348 g/mol. The summed E-state index contributed by atoms with van der Waals surface area (Å²) < 4.78 is 0. The summed E-state index contributed by atoms with van der Waals surface area (Å²) in [6.07, 6.45) is 3.25. The molecule has 0 unspecified atom stereocenters. The summed E-state index contributed by atoms with van der Waals surface area (Å²) in [5.41, 5.74) is 2.11. The van der Waals surface area contributed by atoms with Crippen molar-refractivity contribution in [2.24, 2.45) is 5.92 Å². The molecule has 134 valence electrons. The highest BCUT2D eigenvalue weighted by Crippen LogP contribution is 2.31. The van der Waals surface area contributed by atoms with Crippen LogP contribution in [0.2, 0.25) is 0 Å². The lowest BCUT2D eigenvalue weighted by Gasteiger charge is -2.43. The maximum atomic E-state index is 13.0. The molecule has 2 atom stereocenters. The Balaban J connectivity index is 1.54. The zero-order chi connectivity index (χ0) is 18.1. The number of nitrogens with one attached hydrogen (secondary N) is 1. The minimum absolute atomic E-state index is 0.0248. The molecule has 0 spiro atoms. The molecule has 1 aliphatic heterocycles. The lowest BCUT2D eigenvalue weighted by molar-refractivity contribution is -0.0507. The second kappa shape index (κ2) is 6.61. The van der Waals surface area contributed by atoms with Gasteiger partial charge in [-0.25, -0.2) is 0 Å². The number of nitrogens with zero attached hydrogens (tertiary/aromatic N) is 1. The predicted molar refractivity (Wildman–Crippen MR) is 103 cm³/mol. The molecule has 2 heterocycles. The van der Waals surface area contributed by atoms with Crippen LogP contribution in [0.3, 0.4) is 0 Å². The second-order valence-electron chi connectivity index (χ2n) is 7.52. The molecule has 4 rings (SSSR count). The third-order valence-corrected chi connectivity index (χ3v) is 5.62. The number of carbonyl (C=O) groups excluding carboxylic acids is 1. The summed E-state index contributed by atoms with van der Waals surface area (Å²) in [6, 6.07) is 18.0. The quantitative estimate of drug-likeness (QED) is 0.759. The van der Waals surface area contributed by atoms with E-state index in [0.29, 0.717) is 25.1 Å². The van der Waals surface area contributed by atoms with Crippen LogP contribution in [-0.4, -0.2) is 39.6 Å². The lowest BCUT2D eigenvalue weighted by atomic mass is 9.78. The van der Waals surface area contributed by atoms with Crippen molar-refractivity contribution in [3.05, 3.63) is 71.9 Å². The SMILES string of the molecule is C[C@@]1(O)CCN(C(=O)c2ccc3cc[nH]c3c2)C[C@@H]1Cc1ccccc1. The Labute approximate surface area is 153 Å². The molecule has 1 aromatic heterocycles. The van der Waals surface area contributed by atoms with Crippen molar-refractivity contribution >= 4 is 16.8 Å². The van der Waals surface area contributed by atoms with Gasteiger partial charge in [0.1, 0.15) is 0 Å². The first-order valence-electron chi connectivity index (χ1n) is 9.16. The van der Waals surface area contributed by atoms with Crippen LogP contribution in [0.15, 0.2) is 60.8 Å². The highest BCUT2D eigenvalue weighted by molar-refractivity contribution is 5.98. The van der Waals surface area contributed by atoms with Gasteiger partial charge in [-0.1, -0.05) is 36.4 Å². The monoisotopic (exact) mass is 348 g/mol. The van der Waals surface area contributed by atoms with Crippen LogP contribution in [0, 0.1) is 5.92 Å². The zero-order valence-electron chi connectivity index (χ0n) is 15.0. The Morgan fingerprint density at radius 1 is 1.23 bits per heavy atom. The van der Waals surface area contributed by atoms with Crippen molar-refractivity contribution in [3.63, 3.8) is 0 Å². The number of aromatic amines is 1. The molecule has 1 saturated heterocycles. The number of likely N-dealkylation sites (tertiary alicyclic amines) is 1. The van der Waals surface area contributed by atoms with Gasteiger partial charge in [-0.3, -0.25) is 4.79 Å². The first-order valence-corrected chi connectivity index (χ1v) is 9.16. The summed E-state index contributed by atoms with van der Waals surface area (Å²) in [4.78, 5) is 18.1. The highest BCUT2D eigenvalue weighted by Gasteiger charge is 2.39. The number of aliphatic hydroxyl groups is 1. The first-order chi connectivity index (χ1) is 12.5. The van der Waals surface area contributed by atoms with Gasteiger partial charge in [0.05, 0.1) is 5.60 Å². The summed E-state index contributed by atoms with van der Waals surface area (Å²) >= 11 is 0. The molecule has 1 aliphatic rings. The van der Waals surface area contributed by atoms with E-state index in [2.05, 4.69) is 17.1 Å². The Morgan fingerprint density at radius 2 is 2.04 bits per heavy atom. The normalized spacial score (nSPS) is 23.3. The van der Waals surface area contributed by atoms with Crippen molar-refractivity contribution < 1.29 is 9.90 Å². The molecule has 4 heteroatoms. The van der Waals surface area contributed by atoms with E-state index in [1.807, 2.05) is 60.5 Å². The van der Waals surface area contributed by atoms with E-state index in [1.54, 1.807) is 0 Å². The van der Waals surface area contributed by atoms with Gasteiger partial charge in [0, 0.05) is 36.3 Å². The van der Waals surface area contributed by atoms with Gasteiger partial charge in [0.2, 0.25) is 0 Å². The van der Waals surface area contributed by atoms with Gasteiger partial charge in [-0.15, -0.1) is 0 Å². The number of H-pyrrole nitrogens is 1. The summed E-state index contributed by atoms with van der Waals surface area (Å²) in [5.74, 6) is 0.0619. The van der Waals surface area contributed by atoms with Crippen LogP contribution < -0.4 is 0 Å². The molecule has 2 N–H and O–H groups in total. The van der Waals surface area contributed by atoms with E-state index in [0.717, 1.165) is 17.3 Å². The topological polar surface area (TPSA) is 56.3 Å². The Kier molecular flexibility index (Phi) is 4.29. The van der Waals surface area contributed by atoms with Crippen LogP contribution in [0.25, 0.3) is 10.9 Å². The van der Waals surface area contributed by atoms with E-state index < -0.39 is 5.60 Å². The van der Waals surface area contributed by atoms with Gasteiger partial charge >= 0.3 is 0 Å². The maximum Gasteiger partial charge on any atom is 0.253 e. The van der Waals surface area contributed by atoms with Gasteiger partial charge in [0.25, 0.3) is 5.91 Å². The van der Waals surface area contributed by atoms with Gasteiger partial charge < -0.3 is 15.0 Å². The third-order valence-electron chi connectivity index (χ3n) is 5.62. The number of amides is 1. The Morgan fingerprint density at radius 3 is 2.85 bits per heavy atom. The van der Waals surface area contributed by atoms with E-state index in [1.165, 1.54) is 5.56 Å². The molecule has 2 aromatic carbocycles. The van der Waals surface area contributed by atoms with Gasteiger partial charge in [-0.05, 0) is 48.9 Å². The fourth-order valence-electron chi connectivity index (χ4n) is 3.85. The number of rotatable bonds is 3. The van der Waals surface area contributed by atoms with E-state index in [-0.39, 0.29) is 11.8 Å². The van der Waals surface area contributed by atoms with Crippen LogP contribution in [0.4, 0.5) is 0 Å². The van der Waals surface area contributed by atoms with E-state index in [9.17, 15) is 9.90 Å². The lowest BCUT2D eigenvalue weighted by Crippen LogP contribution is -2.52. The third kappa shape index (κ3) is 3.25. The van der Waals surface area contributed by atoms with Crippen molar-refractivity contribution in [3.8, 4) is 0 Å². The molecule has 0 bridgehead atoms. The van der Waals surface area contributed by atoms with Crippen molar-refractivity contribution in [1.82, 2.24) is 9.88 Å². The number of aromatic nitrogens is 1. The number of piperidine rings is 1. The largest absolute Gasteiger partial charge is 0.390 e. The predicted octanol–water partition coefficient (Wildman–Crippen LogP) is 3.62. The van der Waals surface area contributed by atoms with Crippen LogP contribution in [0.1, 0.15) is 29.3 Å². The highest BCUT2D eigenvalue weighted by atomic mass is 16.3. The maximum absolute atomic E-state index is 13.0. The van der Waals surface area contributed by atoms with Crippen LogP contribution in [-0.2, 0) is 6.42 Å². The van der Waals surface area contributed by atoms with Crippen molar-refractivity contribution in [1.29, 1.82) is 0 Å². The van der Waals surface area contributed by atoms with E-state index >= 15 is 0 Å². The summed E-state index contributed by atoms with van der Waals surface area (Å²) in [7, 11) is 0. The van der Waals surface area contributed by atoms with Crippen molar-refractivity contribution in [2.75, 3.05) is 13.1 Å². The van der Waals surface area contributed by atoms with Crippen LogP contribution >= 0.6 is 0 Å². The number of benzene rings is 2. The average Bonchev–Trinajstić information content (AvgIpc) is 3.11. The molecule has 1 amide bonds.